The molecule has 0 radical (unpaired) electrons. The van der Waals surface area contributed by atoms with Gasteiger partial charge in [-0.25, -0.2) is 13.1 Å². The number of ether oxygens (including phenoxy) is 1. The molecule has 1 aliphatic rings. The van der Waals surface area contributed by atoms with Crippen molar-refractivity contribution in [3.8, 4) is 0 Å². The molecule has 0 spiro atoms. The molecule has 8 heteroatoms. The fourth-order valence-corrected chi connectivity index (χ4v) is 4.07. The van der Waals surface area contributed by atoms with E-state index in [1.54, 1.807) is 17.0 Å². The number of benzene rings is 1. The van der Waals surface area contributed by atoms with Crippen molar-refractivity contribution in [2.45, 2.75) is 11.4 Å². The summed E-state index contributed by atoms with van der Waals surface area (Å²) in [5, 5.41) is 3.79. The molecule has 0 atom stereocenters. The summed E-state index contributed by atoms with van der Waals surface area (Å²) >= 11 is 1.52. The molecule has 0 unspecified atom stereocenters. The number of rotatable bonds is 5. The van der Waals surface area contributed by atoms with E-state index in [-0.39, 0.29) is 17.3 Å². The Kier molecular flexibility index (Phi) is 5.30. The molecule has 1 aliphatic heterocycles. The van der Waals surface area contributed by atoms with Crippen LogP contribution < -0.4 is 4.72 Å². The van der Waals surface area contributed by atoms with Crippen LogP contribution in [-0.4, -0.2) is 45.5 Å². The zero-order valence-corrected chi connectivity index (χ0v) is 14.6. The summed E-state index contributed by atoms with van der Waals surface area (Å²) in [6.07, 6.45) is 0. The van der Waals surface area contributed by atoms with Crippen LogP contribution in [0.3, 0.4) is 0 Å². The van der Waals surface area contributed by atoms with Gasteiger partial charge in [0.25, 0.3) is 5.91 Å². The number of morpholine rings is 1. The molecule has 1 aromatic carbocycles. The van der Waals surface area contributed by atoms with E-state index in [9.17, 15) is 13.2 Å². The summed E-state index contributed by atoms with van der Waals surface area (Å²) in [5.41, 5.74) is 1.40. The van der Waals surface area contributed by atoms with Crippen LogP contribution in [0.1, 0.15) is 15.9 Å². The molecule has 0 aliphatic carbocycles. The lowest BCUT2D eigenvalue weighted by Crippen LogP contribution is -2.40. The lowest BCUT2D eigenvalue weighted by Gasteiger charge is -2.26. The molecule has 1 N–H and O–H groups in total. The Labute approximate surface area is 145 Å². The highest BCUT2D eigenvalue weighted by atomic mass is 32.2. The standard InChI is InChI=1S/C16H18N2O4S2/c19-16(18-6-8-22-9-7-18)14-1-3-15(4-2-14)24(20,21)17-11-13-5-10-23-12-13/h1-5,10,12,17H,6-9,11H2. The number of hydrogen-bond acceptors (Lipinski definition) is 5. The van der Waals surface area contributed by atoms with Crippen LogP contribution in [0.4, 0.5) is 0 Å². The lowest BCUT2D eigenvalue weighted by atomic mass is 10.2. The van der Waals surface area contributed by atoms with E-state index in [1.165, 1.54) is 23.5 Å². The van der Waals surface area contributed by atoms with Crippen LogP contribution in [0, 0.1) is 0 Å². The zero-order chi connectivity index (χ0) is 17.0. The number of sulfonamides is 1. The molecule has 6 nitrogen and oxygen atoms in total. The van der Waals surface area contributed by atoms with Crippen molar-refractivity contribution in [2.75, 3.05) is 26.3 Å². The number of thiophene rings is 1. The van der Waals surface area contributed by atoms with Gasteiger partial charge in [-0.3, -0.25) is 4.79 Å². The van der Waals surface area contributed by atoms with Gasteiger partial charge in [0.15, 0.2) is 0 Å². The largest absolute Gasteiger partial charge is 0.378 e. The quantitative estimate of drug-likeness (QED) is 0.874. The Bertz CT molecular complexity index is 780. The van der Waals surface area contributed by atoms with Gasteiger partial charge in [-0.2, -0.15) is 11.3 Å². The Morgan fingerprint density at radius 2 is 1.88 bits per heavy atom. The van der Waals surface area contributed by atoms with Crippen LogP contribution >= 0.6 is 11.3 Å². The second-order valence-corrected chi connectivity index (χ2v) is 7.93. The first-order valence-corrected chi connectivity index (χ1v) is 9.97. The normalized spacial score (nSPS) is 15.4. The molecular formula is C16H18N2O4S2. The van der Waals surface area contributed by atoms with Gasteiger partial charge in [0.05, 0.1) is 18.1 Å². The van der Waals surface area contributed by atoms with Gasteiger partial charge in [0, 0.05) is 25.2 Å². The molecule has 0 saturated carbocycles. The average Bonchev–Trinajstić information content (AvgIpc) is 3.14. The molecule has 3 rings (SSSR count). The summed E-state index contributed by atoms with van der Waals surface area (Å²) in [6.45, 7) is 2.43. The van der Waals surface area contributed by atoms with E-state index in [4.69, 9.17) is 4.74 Å². The number of carbonyl (C=O) groups excluding carboxylic acids is 1. The first-order valence-electron chi connectivity index (χ1n) is 7.54. The Morgan fingerprint density at radius 1 is 1.17 bits per heavy atom. The first kappa shape index (κ1) is 17.1. The average molecular weight is 366 g/mol. The third kappa shape index (κ3) is 4.02. The Balaban J connectivity index is 1.67. The van der Waals surface area contributed by atoms with Crippen LogP contribution in [0.5, 0.6) is 0 Å². The molecule has 1 saturated heterocycles. The molecule has 1 amide bonds. The Morgan fingerprint density at radius 3 is 2.50 bits per heavy atom. The van der Waals surface area contributed by atoms with Crippen molar-refractivity contribution >= 4 is 27.3 Å². The topological polar surface area (TPSA) is 75.7 Å². The summed E-state index contributed by atoms with van der Waals surface area (Å²) < 4.78 is 32.4. The SMILES string of the molecule is O=C(c1ccc(S(=O)(=O)NCc2ccsc2)cc1)N1CCOCC1. The maximum atomic E-state index is 12.3. The molecule has 1 aromatic heterocycles. The van der Waals surface area contributed by atoms with Crippen molar-refractivity contribution in [1.29, 1.82) is 0 Å². The third-order valence-corrected chi connectivity index (χ3v) is 5.91. The first-order chi connectivity index (χ1) is 11.6. The molecule has 1 fully saturated rings. The second-order valence-electron chi connectivity index (χ2n) is 5.39. The minimum Gasteiger partial charge on any atom is -0.378 e. The number of hydrogen-bond donors (Lipinski definition) is 1. The molecular weight excluding hydrogens is 348 g/mol. The molecule has 2 heterocycles. The predicted octanol–water partition coefficient (Wildman–Crippen LogP) is 1.70. The minimum absolute atomic E-state index is 0.103. The van der Waals surface area contributed by atoms with E-state index in [2.05, 4.69) is 4.72 Å². The highest BCUT2D eigenvalue weighted by Crippen LogP contribution is 2.14. The zero-order valence-electron chi connectivity index (χ0n) is 13.0. The van der Waals surface area contributed by atoms with Crippen LogP contribution in [0.25, 0.3) is 0 Å². The van der Waals surface area contributed by atoms with E-state index in [1.807, 2.05) is 16.8 Å². The molecule has 2 aromatic rings. The summed E-state index contributed by atoms with van der Waals surface area (Å²) in [7, 11) is -3.59. The van der Waals surface area contributed by atoms with Gasteiger partial charge >= 0.3 is 0 Å². The van der Waals surface area contributed by atoms with Crippen LogP contribution in [0.2, 0.25) is 0 Å². The minimum atomic E-state index is -3.59. The number of nitrogens with one attached hydrogen (secondary N) is 1. The van der Waals surface area contributed by atoms with Gasteiger partial charge in [-0.05, 0) is 46.7 Å². The van der Waals surface area contributed by atoms with Crippen molar-refractivity contribution in [3.05, 3.63) is 52.2 Å². The van der Waals surface area contributed by atoms with Crippen LogP contribution in [-0.2, 0) is 21.3 Å². The number of amides is 1. The maximum Gasteiger partial charge on any atom is 0.254 e. The van der Waals surface area contributed by atoms with E-state index >= 15 is 0 Å². The molecule has 24 heavy (non-hydrogen) atoms. The monoisotopic (exact) mass is 366 g/mol. The summed E-state index contributed by atoms with van der Waals surface area (Å²) in [5.74, 6) is -0.103. The smallest absolute Gasteiger partial charge is 0.254 e. The molecule has 128 valence electrons. The third-order valence-electron chi connectivity index (χ3n) is 3.76. The van der Waals surface area contributed by atoms with Gasteiger partial charge in [0.2, 0.25) is 10.0 Å². The van der Waals surface area contributed by atoms with E-state index in [0.29, 0.717) is 31.9 Å². The number of nitrogens with zero attached hydrogens (tertiary/aromatic N) is 1. The van der Waals surface area contributed by atoms with E-state index in [0.717, 1.165) is 5.56 Å². The van der Waals surface area contributed by atoms with Gasteiger partial charge in [-0.1, -0.05) is 0 Å². The molecule has 0 bridgehead atoms. The fraction of sp³-hybridized carbons (Fsp3) is 0.312. The van der Waals surface area contributed by atoms with Crippen LogP contribution in [0.15, 0.2) is 46.0 Å². The Hall–Kier alpha value is -1.74. The number of carbonyl (C=O) groups is 1. The van der Waals surface area contributed by atoms with Gasteiger partial charge < -0.3 is 9.64 Å². The highest BCUT2D eigenvalue weighted by Gasteiger charge is 2.20. The maximum absolute atomic E-state index is 12.3. The van der Waals surface area contributed by atoms with Crippen molar-refractivity contribution in [1.82, 2.24) is 9.62 Å². The summed E-state index contributed by atoms with van der Waals surface area (Å²) in [4.78, 5) is 14.2. The highest BCUT2D eigenvalue weighted by molar-refractivity contribution is 7.89. The fourth-order valence-electron chi connectivity index (χ4n) is 2.38. The summed E-state index contributed by atoms with van der Waals surface area (Å²) in [6, 6.07) is 7.90. The second kappa shape index (κ2) is 7.43. The van der Waals surface area contributed by atoms with Crippen molar-refractivity contribution < 1.29 is 17.9 Å². The van der Waals surface area contributed by atoms with Crippen molar-refractivity contribution in [2.24, 2.45) is 0 Å². The van der Waals surface area contributed by atoms with E-state index < -0.39 is 10.0 Å². The predicted molar refractivity (Wildman–Crippen MR) is 91.5 cm³/mol. The van der Waals surface area contributed by atoms with Gasteiger partial charge in [0.1, 0.15) is 0 Å². The van der Waals surface area contributed by atoms with Crippen molar-refractivity contribution in [3.63, 3.8) is 0 Å². The lowest BCUT2D eigenvalue weighted by molar-refractivity contribution is 0.0303. The van der Waals surface area contributed by atoms with Gasteiger partial charge in [-0.15, -0.1) is 0 Å².